The van der Waals surface area contributed by atoms with Crippen LogP contribution in [0.15, 0.2) is 16.6 Å². The fourth-order valence-corrected chi connectivity index (χ4v) is 1.84. The number of nitrogens with zero attached hydrogens (tertiary/aromatic N) is 1. The summed E-state index contributed by atoms with van der Waals surface area (Å²) in [5.41, 5.74) is 7.03. The Hall–Kier alpha value is -0.810. The number of nitrogen functional groups attached to an aromatic ring is 1. The molecule has 0 aliphatic rings. The molecule has 5 heteroatoms. The van der Waals surface area contributed by atoms with E-state index in [0.717, 1.165) is 13.0 Å². The number of hydrogen-bond donors (Lipinski definition) is 2. The molecule has 0 aliphatic heterocycles. The summed E-state index contributed by atoms with van der Waals surface area (Å²) in [7, 11) is 4.06. The molecule has 0 saturated carbocycles. The monoisotopic (exact) mass is 303 g/mol. The van der Waals surface area contributed by atoms with Gasteiger partial charge < -0.3 is 16.0 Å². The van der Waals surface area contributed by atoms with Crippen LogP contribution in [0.4, 0.5) is 15.8 Å². The van der Waals surface area contributed by atoms with Gasteiger partial charge >= 0.3 is 0 Å². The summed E-state index contributed by atoms with van der Waals surface area (Å²) in [6.45, 7) is 3.04. The van der Waals surface area contributed by atoms with Crippen LogP contribution in [0.3, 0.4) is 0 Å². The highest BCUT2D eigenvalue weighted by Crippen LogP contribution is 2.27. The van der Waals surface area contributed by atoms with E-state index in [1.807, 2.05) is 14.1 Å². The van der Waals surface area contributed by atoms with Crippen molar-refractivity contribution in [2.45, 2.75) is 19.4 Å². The van der Waals surface area contributed by atoms with Gasteiger partial charge in [0.2, 0.25) is 0 Å². The lowest BCUT2D eigenvalue weighted by atomic mass is 10.2. The van der Waals surface area contributed by atoms with E-state index in [4.69, 9.17) is 5.73 Å². The maximum atomic E-state index is 13.4. The van der Waals surface area contributed by atoms with Gasteiger partial charge in [-0.15, -0.1) is 0 Å². The Kier molecular flexibility index (Phi) is 5.21. The van der Waals surface area contributed by atoms with Crippen LogP contribution in [0, 0.1) is 5.82 Å². The summed E-state index contributed by atoms with van der Waals surface area (Å²) in [5.74, 6) is -0.304. The lowest BCUT2D eigenvalue weighted by molar-refractivity contribution is 0.390. The Morgan fingerprint density at radius 3 is 2.71 bits per heavy atom. The fraction of sp³-hybridized carbons (Fsp3) is 0.500. The van der Waals surface area contributed by atoms with Gasteiger partial charge in [0.15, 0.2) is 0 Å². The summed E-state index contributed by atoms with van der Waals surface area (Å²) in [6, 6.07) is 3.25. The fourth-order valence-electron chi connectivity index (χ4n) is 1.48. The zero-order chi connectivity index (χ0) is 13.0. The van der Waals surface area contributed by atoms with E-state index in [-0.39, 0.29) is 11.9 Å². The van der Waals surface area contributed by atoms with Gasteiger partial charge in [0.1, 0.15) is 5.82 Å². The first-order valence-corrected chi connectivity index (χ1v) is 6.35. The average Bonchev–Trinajstić information content (AvgIpc) is 2.23. The number of benzene rings is 1. The zero-order valence-corrected chi connectivity index (χ0v) is 12.0. The molecule has 0 aliphatic carbocycles. The Bertz CT molecular complexity index is 382. The quantitative estimate of drug-likeness (QED) is 0.822. The molecule has 96 valence electrons. The van der Waals surface area contributed by atoms with E-state index < -0.39 is 0 Å². The average molecular weight is 304 g/mol. The summed E-state index contributed by atoms with van der Waals surface area (Å²) >= 11 is 3.11. The van der Waals surface area contributed by atoms with E-state index >= 15 is 0 Å². The third kappa shape index (κ3) is 4.52. The minimum absolute atomic E-state index is 0.250. The lowest BCUT2D eigenvalue weighted by Crippen LogP contribution is -2.23. The third-order valence-corrected chi connectivity index (χ3v) is 3.11. The molecule has 17 heavy (non-hydrogen) atoms. The van der Waals surface area contributed by atoms with E-state index in [1.165, 1.54) is 6.07 Å². The van der Waals surface area contributed by atoms with Crippen LogP contribution in [-0.2, 0) is 0 Å². The van der Waals surface area contributed by atoms with Crippen molar-refractivity contribution in [3.63, 3.8) is 0 Å². The molecule has 0 heterocycles. The van der Waals surface area contributed by atoms with Gasteiger partial charge in [-0.2, -0.15) is 0 Å². The SMILES string of the molecule is CC(CCN(C)C)Nc1cc(F)c(Br)cc1N. The van der Waals surface area contributed by atoms with Crippen molar-refractivity contribution >= 4 is 27.3 Å². The molecule has 0 bridgehead atoms. The van der Waals surface area contributed by atoms with Gasteiger partial charge in [-0.1, -0.05) is 0 Å². The summed E-state index contributed by atoms with van der Waals surface area (Å²) in [5, 5.41) is 3.22. The Morgan fingerprint density at radius 2 is 2.12 bits per heavy atom. The second-order valence-electron chi connectivity index (χ2n) is 4.49. The van der Waals surface area contributed by atoms with E-state index in [9.17, 15) is 4.39 Å². The van der Waals surface area contributed by atoms with Crippen molar-refractivity contribution in [2.75, 3.05) is 31.7 Å². The lowest BCUT2D eigenvalue weighted by Gasteiger charge is -2.19. The maximum absolute atomic E-state index is 13.4. The Balaban J connectivity index is 2.65. The molecule has 0 amide bonds. The van der Waals surface area contributed by atoms with Gasteiger partial charge in [0, 0.05) is 12.1 Å². The second-order valence-corrected chi connectivity index (χ2v) is 5.35. The van der Waals surface area contributed by atoms with Crippen molar-refractivity contribution in [1.82, 2.24) is 4.90 Å². The predicted octanol–water partition coefficient (Wildman–Crippen LogP) is 2.92. The minimum Gasteiger partial charge on any atom is -0.397 e. The van der Waals surface area contributed by atoms with Crippen LogP contribution in [0.5, 0.6) is 0 Å². The van der Waals surface area contributed by atoms with Crippen molar-refractivity contribution < 1.29 is 4.39 Å². The Labute approximate surface area is 110 Å². The molecule has 0 saturated heterocycles. The van der Waals surface area contributed by atoms with Crippen LogP contribution in [-0.4, -0.2) is 31.6 Å². The van der Waals surface area contributed by atoms with Crippen LogP contribution in [0.25, 0.3) is 0 Å². The molecule has 1 aromatic rings. The second kappa shape index (κ2) is 6.21. The molecular formula is C12H19BrFN3. The number of hydrogen-bond acceptors (Lipinski definition) is 3. The molecule has 1 unspecified atom stereocenters. The minimum atomic E-state index is -0.304. The number of halogens is 2. The van der Waals surface area contributed by atoms with Gasteiger partial charge in [0.25, 0.3) is 0 Å². The van der Waals surface area contributed by atoms with Gasteiger partial charge in [-0.25, -0.2) is 4.39 Å². The molecule has 0 fully saturated rings. The summed E-state index contributed by atoms with van der Waals surface area (Å²) < 4.78 is 13.8. The summed E-state index contributed by atoms with van der Waals surface area (Å²) in [4.78, 5) is 2.11. The van der Waals surface area contributed by atoms with Gasteiger partial charge in [-0.3, -0.25) is 0 Å². The van der Waals surface area contributed by atoms with Crippen LogP contribution in [0.1, 0.15) is 13.3 Å². The number of nitrogens with one attached hydrogen (secondary N) is 1. The van der Waals surface area contributed by atoms with Gasteiger partial charge in [0.05, 0.1) is 15.8 Å². The van der Waals surface area contributed by atoms with Crippen molar-refractivity contribution in [2.24, 2.45) is 0 Å². The molecule has 1 atom stereocenters. The molecule has 1 aromatic carbocycles. The smallest absolute Gasteiger partial charge is 0.139 e. The normalized spacial score (nSPS) is 12.8. The molecular weight excluding hydrogens is 285 g/mol. The van der Waals surface area contributed by atoms with E-state index in [2.05, 4.69) is 33.1 Å². The highest BCUT2D eigenvalue weighted by Gasteiger charge is 2.09. The molecule has 1 rings (SSSR count). The highest BCUT2D eigenvalue weighted by atomic mass is 79.9. The van der Waals surface area contributed by atoms with Crippen LogP contribution in [0.2, 0.25) is 0 Å². The van der Waals surface area contributed by atoms with Crippen LogP contribution >= 0.6 is 15.9 Å². The molecule has 3 N–H and O–H groups in total. The third-order valence-electron chi connectivity index (χ3n) is 2.50. The van der Waals surface area contributed by atoms with Crippen molar-refractivity contribution in [3.05, 3.63) is 22.4 Å². The Morgan fingerprint density at radius 1 is 1.47 bits per heavy atom. The van der Waals surface area contributed by atoms with Crippen molar-refractivity contribution in [3.8, 4) is 0 Å². The summed E-state index contributed by atoms with van der Waals surface area (Å²) in [6.07, 6.45) is 0.976. The molecule has 0 radical (unpaired) electrons. The van der Waals surface area contributed by atoms with Crippen molar-refractivity contribution in [1.29, 1.82) is 0 Å². The first-order chi connectivity index (χ1) is 7.90. The van der Waals surface area contributed by atoms with Gasteiger partial charge in [-0.05, 0) is 56.0 Å². The molecule has 0 spiro atoms. The molecule has 3 nitrogen and oxygen atoms in total. The maximum Gasteiger partial charge on any atom is 0.139 e. The topological polar surface area (TPSA) is 41.3 Å². The number of anilines is 2. The number of rotatable bonds is 5. The van der Waals surface area contributed by atoms with Crippen LogP contribution < -0.4 is 11.1 Å². The molecule has 0 aromatic heterocycles. The first-order valence-electron chi connectivity index (χ1n) is 5.56. The number of nitrogens with two attached hydrogens (primary N) is 1. The van der Waals surface area contributed by atoms with E-state index in [1.54, 1.807) is 6.07 Å². The predicted molar refractivity (Wildman–Crippen MR) is 74.8 cm³/mol. The zero-order valence-electron chi connectivity index (χ0n) is 10.4. The standard InChI is InChI=1S/C12H19BrFN3/c1-8(4-5-17(2)3)16-12-7-10(14)9(13)6-11(12)15/h6-8,16H,4-5,15H2,1-3H3. The highest BCUT2D eigenvalue weighted by molar-refractivity contribution is 9.10. The first kappa shape index (κ1) is 14.3. The van der Waals surface area contributed by atoms with E-state index in [0.29, 0.717) is 15.8 Å². The largest absolute Gasteiger partial charge is 0.397 e.